The number of hydrogen-bond acceptors (Lipinski definition) is 7. The molecule has 0 aliphatic rings. The third-order valence-corrected chi connectivity index (χ3v) is 2.74. The van der Waals surface area contributed by atoms with Crippen LogP contribution in [0.5, 0.6) is 0 Å². The van der Waals surface area contributed by atoms with Gasteiger partial charge in [-0.1, -0.05) is 0 Å². The second-order valence-electron chi connectivity index (χ2n) is 4.94. The Morgan fingerprint density at radius 2 is 0.645 bits per heavy atom. The van der Waals surface area contributed by atoms with Crippen molar-refractivity contribution in [1.29, 1.82) is 0 Å². The van der Waals surface area contributed by atoms with Gasteiger partial charge in [0.2, 0.25) is 0 Å². The summed E-state index contributed by atoms with van der Waals surface area (Å²) < 4.78 is 190. The summed E-state index contributed by atoms with van der Waals surface area (Å²) in [7, 11) is -0.606. The van der Waals surface area contributed by atoms with Gasteiger partial charge in [-0.15, -0.1) is 0 Å². The predicted molar refractivity (Wildman–Crippen MR) is 59.1 cm³/mol. The van der Waals surface area contributed by atoms with E-state index >= 15 is 0 Å². The maximum Gasteiger partial charge on any atom is 0.483 e. The van der Waals surface area contributed by atoms with E-state index in [9.17, 15) is 71.7 Å². The summed E-state index contributed by atoms with van der Waals surface area (Å²) in [5, 5.41) is 18.4. The van der Waals surface area contributed by atoms with Crippen molar-refractivity contribution in [1.82, 2.24) is 0 Å². The Labute approximate surface area is 159 Å². The number of aliphatic hydroxyl groups is 2. The first-order valence-electron chi connectivity index (χ1n) is 6.54. The summed E-state index contributed by atoms with van der Waals surface area (Å²) in [5.74, 6) is -11.4. The molecule has 21 heteroatoms. The fourth-order valence-corrected chi connectivity index (χ4v) is 1.19. The van der Waals surface area contributed by atoms with E-state index in [0.717, 1.165) is 0 Å². The van der Waals surface area contributed by atoms with Crippen molar-refractivity contribution in [3.63, 3.8) is 0 Å². The van der Waals surface area contributed by atoms with Crippen LogP contribution >= 0.6 is 0 Å². The fourth-order valence-electron chi connectivity index (χ4n) is 1.19. The van der Waals surface area contributed by atoms with Gasteiger partial charge >= 0.3 is 48.7 Å². The Bertz CT molecular complexity index is 568. The van der Waals surface area contributed by atoms with Gasteiger partial charge in [0, 0.05) is 14.2 Å². The van der Waals surface area contributed by atoms with Crippen LogP contribution in [-0.4, -0.2) is 73.2 Å². The molecule has 0 aliphatic carbocycles. The van der Waals surface area contributed by atoms with Crippen LogP contribution in [0.1, 0.15) is 0 Å². The van der Waals surface area contributed by atoms with Crippen molar-refractivity contribution in [2.75, 3.05) is 14.2 Å². The molecule has 7 nitrogen and oxygen atoms in total. The second-order valence-corrected chi connectivity index (χ2v) is 4.94. The summed E-state index contributed by atoms with van der Waals surface area (Å²) in [6.45, 7) is 0. The summed E-state index contributed by atoms with van der Waals surface area (Å²) in [6, 6.07) is 0. The molecule has 0 heterocycles. The van der Waals surface area contributed by atoms with Crippen LogP contribution < -0.4 is 0 Å². The highest BCUT2D eigenvalue weighted by atomic mass is 19.4. The lowest BCUT2D eigenvalue weighted by Crippen LogP contribution is -2.66. The zero-order chi connectivity index (χ0) is 25.5. The molecule has 0 aliphatic heterocycles. The van der Waals surface area contributed by atoms with E-state index in [0.29, 0.717) is 0 Å². The van der Waals surface area contributed by atoms with Gasteiger partial charge < -0.3 is 19.7 Å². The van der Waals surface area contributed by atoms with E-state index in [1.807, 2.05) is 9.47 Å². The lowest BCUT2D eigenvalue weighted by Gasteiger charge is -2.41. The average Bonchev–Trinajstić information content (AvgIpc) is 2.49. The summed E-state index contributed by atoms with van der Waals surface area (Å²) in [6.07, 6.45) is -40.9. The number of rotatable bonds is 10. The molecule has 0 aromatic rings. The Morgan fingerprint density at radius 1 is 0.419 bits per heavy atom. The zero-order valence-corrected chi connectivity index (χ0v) is 14.2. The molecule has 2 unspecified atom stereocenters. The van der Waals surface area contributed by atoms with Crippen LogP contribution in [0.15, 0.2) is 0 Å². The number of alkyl halides is 14. The monoisotopic (exact) mass is 506 g/mol. The van der Waals surface area contributed by atoms with Gasteiger partial charge in [0.15, 0.2) is 0 Å². The van der Waals surface area contributed by atoms with Gasteiger partial charge in [-0.05, 0) is 0 Å². The van der Waals surface area contributed by atoms with Gasteiger partial charge in [-0.25, -0.2) is 9.47 Å². The number of methoxy groups -OCH3 is 2. The average molecular weight is 506 g/mol. The van der Waals surface area contributed by atoms with Crippen LogP contribution in [0.4, 0.5) is 61.5 Å². The molecule has 188 valence electrons. The molecule has 0 aromatic heterocycles. The van der Waals surface area contributed by atoms with Crippen LogP contribution in [0, 0.1) is 0 Å². The molecule has 0 amide bonds. The van der Waals surface area contributed by atoms with Crippen molar-refractivity contribution in [3.05, 3.63) is 0 Å². The first-order chi connectivity index (χ1) is 13.2. The van der Waals surface area contributed by atoms with E-state index in [2.05, 4.69) is 14.2 Å². The fraction of sp³-hybridized carbons (Fsp3) is 1.00. The second kappa shape index (κ2) is 8.26. The molecule has 0 bridgehead atoms. The van der Waals surface area contributed by atoms with Crippen molar-refractivity contribution >= 4 is 0 Å². The Hall–Kier alpha value is -1.26. The predicted octanol–water partition coefficient (Wildman–Crippen LogP) is 3.12. The van der Waals surface area contributed by atoms with Gasteiger partial charge in [-0.2, -0.15) is 61.5 Å². The van der Waals surface area contributed by atoms with E-state index in [4.69, 9.17) is 0 Å². The Morgan fingerprint density at radius 3 is 0.806 bits per heavy atom. The van der Waals surface area contributed by atoms with Crippen LogP contribution in [0.3, 0.4) is 0 Å². The first-order valence-corrected chi connectivity index (χ1v) is 6.54. The summed E-state index contributed by atoms with van der Waals surface area (Å²) in [5.41, 5.74) is 0. The standard InChI is InChI=1S/C10H8F14O7/c1-27-9(25,7(21,22)29-5(17,18)3(11,12)13)31-10(26,28-2)8(23,24)30-6(19,20)4(14,15)16/h25-26H,1-2H3. The minimum absolute atomic E-state index is 0.303. The molecule has 0 rings (SSSR count). The maximum absolute atomic E-state index is 13.6. The molecule has 0 fully saturated rings. The SMILES string of the molecule is COC(O)(OC(O)(OC)C(F)(F)OC(F)(F)C(F)(F)F)C(F)(F)OC(F)(F)C(F)(F)F. The smallest absolute Gasteiger partial charge is 0.336 e. The molecular formula is C10H8F14O7. The van der Waals surface area contributed by atoms with E-state index in [-0.39, 0.29) is 14.2 Å². The maximum atomic E-state index is 13.6. The van der Waals surface area contributed by atoms with Crippen molar-refractivity contribution < 1.29 is 95.4 Å². The first kappa shape index (κ1) is 29.7. The van der Waals surface area contributed by atoms with E-state index in [1.54, 1.807) is 0 Å². The van der Waals surface area contributed by atoms with Crippen molar-refractivity contribution in [2.24, 2.45) is 0 Å². The van der Waals surface area contributed by atoms with Crippen LogP contribution in [0.2, 0.25) is 0 Å². The molecule has 0 saturated carbocycles. The highest BCUT2D eigenvalue weighted by Gasteiger charge is 2.76. The minimum atomic E-state index is -6.94. The van der Waals surface area contributed by atoms with E-state index in [1.165, 1.54) is 0 Å². The van der Waals surface area contributed by atoms with Crippen LogP contribution in [-0.2, 0) is 23.7 Å². The lowest BCUT2D eigenvalue weighted by molar-refractivity contribution is -0.623. The van der Waals surface area contributed by atoms with Crippen LogP contribution in [0.25, 0.3) is 0 Å². The molecule has 31 heavy (non-hydrogen) atoms. The van der Waals surface area contributed by atoms with Gasteiger partial charge in [0.05, 0.1) is 0 Å². The molecule has 0 saturated heterocycles. The highest BCUT2D eigenvalue weighted by molar-refractivity contribution is 4.80. The van der Waals surface area contributed by atoms with Crippen molar-refractivity contribution in [2.45, 2.75) is 48.7 Å². The topological polar surface area (TPSA) is 86.6 Å². The highest BCUT2D eigenvalue weighted by Crippen LogP contribution is 2.48. The molecular weight excluding hydrogens is 498 g/mol. The lowest BCUT2D eigenvalue weighted by atomic mass is 10.4. The Kier molecular flexibility index (Phi) is 7.93. The molecule has 2 atom stereocenters. The molecule has 0 aromatic carbocycles. The van der Waals surface area contributed by atoms with E-state index < -0.39 is 48.7 Å². The zero-order valence-electron chi connectivity index (χ0n) is 14.2. The Balaban J connectivity index is 6.17. The molecule has 0 spiro atoms. The third-order valence-electron chi connectivity index (χ3n) is 2.74. The van der Waals surface area contributed by atoms with Gasteiger partial charge in [0.1, 0.15) is 0 Å². The molecule has 0 radical (unpaired) electrons. The van der Waals surface area contributed by atoms with Crippen molar-refractivity contribution in [3.8, 4) is 0 Å². The third kappa shape index (κ3) is 5.96. The normalized spacial score (nSPS) is 19.2. The van der Waals surface area contributed by atoms with Gasteiger partial charge in [0.25, 0.3) is 0 Å². The number of halogens is 14. The summed E-state index contributed by atoms with van der Waals surface area (Å²) in [4.78, 5) is 0. The number of hydrogen-bond donors (Lipinski definition) is 2. The largest absolute Gasteiger partial charge is 0.483 e. The van der Waals surface area contributed by atoms with Gasteiger partial charge in [-0.3, -0.25) is 4.74 Å². The quantitative estimate of drug-likeness (QED) is 0.348. The number of ether oxygens (including phenoxy) is 5. The molecule has 2 N–H and O–H groups in total. The summed E-state index contributed by atoms with van der Waals surface area (Å²) >= 11 is 0. The minimum Gasteiger partial charge on any atom is -0.336 e.